The van der Waals surface area contributed by atoms with E-state index in [1.807, 2.05) is 0 Å². The standard InChI is InChI=1S/C10H10O3S/c1-7(10(12)13)6-14-9-4-2-8(11)3-5-9/h2-5,11H,1,6H2,(H,12,13). The van der Waals surface area contributed by atoms with Crippen LogP contribution in [0.5, 0.6) is 5.75 Å². The van der Waals surface area contributed by atoms with Crippen LogP contribution in [0.15, 0.2) is 41.3 Å². The lowest BCUT2D eigenvalue weighted by Crippen LogP contribution is -2.00. The maximum atomic E-state index is 10.4. The molecule has 0 aromatic heterocycles. The van der Waals surface area contributed by atoms with Crippen LogP contribution in [0.3, 0.4) is 0 Å². The molecule has 1 rings (SSSR count). The molecule has 3 nitrogen and oxygen atoms in total. The summed E-state index contributed by atoms with van der Waals surface area (Å²) < 4.78 is 0. The molecule has 0 aliphatic carbocycles. The predicted molar refractivity (Wildman–Crippen MR) is 55.6 cm³/mol. The molecule has 0 unspecified atom stereocenters. The van der Waals surface area contributed by atoms with Crippen LogP contribution in [0.2, 0.25) is 0 Å². The van der Waals surface area contributed by atoms with E-state index in [-0.39, 0.29) is 11.3 Å². The summed E-state index contributed by atoms with van der Waals surface area (Å²) in [5.74, 6) is -0.428. The fraction of sp³-hybridized carbons (Fsp3) is 0.100. The summed E-state index contributed by atoms with van der Waals surface area (Å²) >= 11 is 1.37. The van der Waals surface area contributed by atoms with Crippen LogP contribution in [0.25, 0.3) is 0 Å². The first kappa shape index (κ1) is 10.7. The third kappa shape index (κ3) is 3.14. The first-order valence-electron chi connectivity index (χ1n) is 3.92. The lowest BCUT2D eigenvalue weighted by atomic mass is 10.3. The summed E-state index contributed by atoms with van der Waals surface area (Å²) in [6, 6.07) is 6.59. The Hall–Kier alpha value is -1.42. The van der Waals surface area contributed by atoms with Gasteiger partial charge in [0.25, 0.3) is 0 Å². The molecule has 4 heteroatoms. The summed E-state index contributed by atoms with van der Waals surface area (Å²) in [6.45, 7) is 3.42. The van der Waals surface area contributed by atoms with E-state index in [1.165, 1.54) is 11.8 Å². The number of carboxylic acids is 1. The molecule has 1 aromatic rings. The van der Waals surface area contributed by atoms with Crippen molar-refractivity contribution in [3.8, 4) is 5.75 Å². The zero-order chi connectivity index (χ0) is 10.6. The number of hydrogen-bond donors (Lipinski definition) is 2. The smallest absolute Gasteiger partial charge is 0.331 e. The zero-order valence-electron chi connectivity index (χ0n) is 7.43. The van der Waals surface area contributed by atoms with Crippen molar-refractivity contribution in [1.29, 1.82) is 0 Å². The minimum absolute atomic E-state index is 0.170. The van der Waals surface area contributed by atoms with E-state index in [0.29, 0.717) is 5.75 Å². The van der Waals surface area contributed by atoms with Crippen LogP contribution >= 0.6 is 11.8 Å². The van der Waals surface area contributed by atoms with Crippen molar-refractivity contribution in [3.63, 3.8) is 0 Å². The number of carbonyl (C=O) groups is 1. The number of carboxylic acid groups (broad SMARTS) is 1. The molecule has 0 aliphatic rings. The van der Waals surface area contributed by atoms with Crippen LogP contribution in [-0.2, 0) is 4.79 Å². The normalized spacial score (nSPS) is 9.71. The van der Waals surface area contributed by atoms with Gasteiger partial charge >= 0.3 is 5.97 Å². The Bertz CT molecular complexity index is 343. The Balaban J connectivity index is 2.50. The second-order valence-corrected chi connectivity index (χ2v) is 3.74. The maximum Gasteiger partial charge on any atom is 0.331 e. The Labute approximate surface area is 86.1 Å². The van der Waals surface area contributed by atoms with E-state index in [2.05, 4.69) is 6.58 Å². The van der Waals surface area contributed by atoms with Gasteiger partial charge in [0.2, 0.25) is 0 Å². The van der Waals surface area contributed by atoms with Crippen molar-refractivity contribution in [2.75, 3.05) is 5.75 Å². The van der Waals surface area contributed by atoms with E-state index in [9.17, 15) is 4.79 Å². The molecule has 14 heavy (non-hydrogen) atoms. The van der Waals surface area contributed by atoms with Gasteiger partial charge < -0.3 is 10.2 Å². The number of hydrogen-bond acceptors (Lipinski definition) is 3. The van der Waals surface area contributed by atoms with Crippen molar-refractivity contribution in [3.05, 3.63) is 36.4 Å². The molecule has 74 valence electrons. The lowest BCUT2D eigenvalue weighted by Gasteiger charge is -2.01. The van der Waals surface area contributed by atoms with E-state index in [4.69, 9.17) is 10.2 Å². The first-order chi connectivity index (χ1) is 6.59. The highest BCUT2D eigenvalue weighted by Gasteiger charge is 2.04. The number of aromatic hydroxyl groups is 1. The van der Waals surface area contributed by atoms with E-state index >= 15 is 0 Å². The van der Waals surface area contributed by atoms with Gasteiger partial charge in [-0.1, -0.05) is 6.58 Å². The fourth-order valence-electron chi connectivity index (χ4n) is 0.775. The van der Waals surface area contributed by atoms with E-state index in [0.717, 1.165) is 4.90 Å². The molecule has 0 aliphatic heterocycles. The molecular weight excluding hydrogens is 200 g/mol. The molecule has 0 radical (unpaired) electrons. The summed E-state index contributed by atoms with van der Waals surface area (Å²) in [5, 5.41) is 17.6. The van der Waals surface area contributed by atoms with Crippen LogP contribution in [0.1, 0.15) is 0 Å². The van der Waals surface area contributed by atoms with Crippen molar-refractivity contribution in [2.45, 2.75) is 4.90 Å². The Morgan fingerprint density at radius 2 is 1.93 bits per heavy atom. The molecule has 0 heterocycles. The van der Waals surface area contributed by atoms with Crippen LogP contribution in [0, 0.1) is 0 Å². The van der Waals surface area contributed by atoms with Gasteiger partial charge in [0.15, 0.2) is 0 Å². The first-order valence-corrected chi connectivity index (χ1v) is 4.91. The molecule has 0 bridgehead atoms. The van der Waals surface area contributed by atoms with Crippen molar-refractivity contribution in [1.82, 2.24) is 0 Å². The van der Waals surface area contributed by atoms with Crippen LogP contribution in [-0.4, -0.2) is 21.9 Å². The minimum Gasteiger partial charge on any atom is -0.508 e. The van der Waals surface area contributed by atoms with Gasteiger partial charge in [0.1, 0.15) is 5.75 Å². The zero-order valence-corrected chi connectivity index (χ0v) is 8.25. The summed E-state index contributed by atoms with van der Waals surface area (Å²) in [7, 11) is 0. The summed E-state index contributed by atoms with van der Waals surface area (Å²) in [5.41, 5.74) is 0.170. The van der Waals surface area contributed by atoms with Gasteiger partial charge in [-0.2, -0.15) is 0 Å². The molecule has 2 N–H and O–H groups in total. The van der Waals surface area contributed by atoms with Crippen molar-refractivity contribution in [2.24, 2.45) is 0 Å². The number of rotatable bonds is 4. The number of benzene rings is 1. The minimum atomic E-state index is -0.976. The maximum absolute atomic E-state index is 10.4. The van der Waals surface area contributed by atoms with Gasteiger partial charge in [-0.05, 0) is 24.3 Å². The van der Waals surface area contributed by atoms with E-state index < -0.39 is 5.97 Å². The average Bonchev–Trinajstić information content (AvgIpc) is 2.16. The lowest BCUT2D eigenvalue weighted by molar-refractivity contribution is -0.132. The van der Waals surface area contributed by atoms with Crippen molar-refractivity contribution >= 4 is 17.7 Å². The number of aliphatic carboxylic acids is 1. The molecule has 0 fully saturated rings. The Kier molecular flexibility index (Phi) is 3.59. The van der Waals surface area contributed by atoms with Crippen LogP contribution < -0.4 is 0 Å². The van der Waals surface area contributed by atoms with Gasteiger partial charge in [0, 0.05) is 16.2 Å². The quantitative estimate of drug-likeness (QED) is 0.590. The predicted octanol–water partition coefficient (Wildman–Crippen LogP) is 2.13. The molecule has 0 spiro atoms. The van der Waals surface area contributed by atoms with Gasteiger partial charge in [-0.25, -0.2) is 4.79 Å². The van der Waals surface area contributed by atoms with Gasteiger partial charge in [-0.3, -0.25) is 0 Å². The third-order valence-corrected chi connectivity index (χ3v) is 2.65. The number of phenolic OH excluding ortho intramolecular Hbond substituents is 1. The van der Waals surface area contributed by atoms with Gasteiger partial charge in [0.05, 0.1) is 0 Å². The monoisotopic (exact) mass is 210 g/mol. The number of thioether (sulfide) groups is 1. The van der Waals surface area contributed by atoms with E-state index in [1.54, 1.807) is 24.3 Å². The Morgan fingerprint density at radius 1 is 1.36 bits per heavy atom. The molecule has 0 saturated heterocycles. The largest absolute Gasteiger partial charge is 0.508 e. The van der Waals surface area contributed by atoms with Crippen LogP contribution in [0.4, 0.5) is 0 Å². The molecule has 1 aromatic carbocycles. The summed E-state index contributed by atoms with van der Waals surface area (Å²) in [6.07, 6.45) is 0. The molecule has 0 amide bonds. The second kappa shape index (κ2) is 4.72. The highest BCUT2D eigenvalue weighted by molar-refractivity contribution is 7.99. The number of phenols is 1. The highest BCUT2D eigenvalue weighted by Crippen LogP contribution is 2.22. The topological polar surface area (TPSA) is 57.5 Å². The SMILES string of the molecule is C=C(CSc1ccc(O)cc1)C(=O)O. The van der Waals surface area contributed by atoms with Gasteiger partial charge in [-0.15, -0.1) is 11.8 Å². The highest BCUT2D eigenvalue weighted by atomic mass is 32.2. The molecule has 0 atom stereocenters. The molecular formula is C10H10O3S. The third-order valence-electron chi connectivity index (χ3n) is 1.55. The fourth-order valence-corrected chi connectivity index (χ4v) is 1.57. The second-order valence-electron chi connectivity index (χ2n) is 2.69. The Morgan fingerprint density at radius 3 is 2.43 bits per heavy atom. The molecule has 0 saturated carbocycles. The average molecular weight is 210 g/mol. The summed E-state index contributed by atoms with van der Waals surface area (Å²) in [4.78, 5) is 11.3. The van der Waals surface area contributed by atoms with Crippen molar-refractivity contribution < 1.29 is 15.0 Å².